The summed E-state index contributed by atoms with van der Waals surface area (Å²) in [7, 11) is 0. The fourth-order valence-electron chi connectivity index (χ4n) is 5.64. The lowest BCUT2D eigenvalue weighted by atomic mass is 9.66. The summed E-state index contributed by atoms with van der Waals surface area (Å²) in [5.41, 5.74) is 3.67. The van der Waals surface area contributed by atoms with Crippen molar-refractivity contribution in [1.29, 1.82) is 0 Å². The van der Waals surface area contributed by atoms with Crippen LogP contribution in [0.5, 0.6) is 0 Å². The highest BCUT2D eigenvalue weighted by Crippen LogP contribution is 2.53. The molecule has 2 saturated carbocycles. The fraction of sp³-hybridized carbons (Fsp3) is 0.621. The van der Waals surface area contributed by atoms with Crippen LogP contribution in [-0.4, -0.2) is 33.7 Å². The Balaban J connectivity index is 1.50. The van der Waals surface area contributed by atoms with Crippen LogP contribution < -0.4 is 0 Å². The first-order chi connectivity index (χ1) is 17.1. The molecule has 0 unspecified atom stereocenters. The molecule has 2 aliphatic carbocycles. The minimum absolute atomic E-state index is 0.0166. The second kappa shape index (κ2) is 11.1. The predicted octanol–water partition coefficient (Wildman–Crippen LogP) is 6.57. The van der Waals surface area contributed by atoms with Crippen molar-refractivity contribution in [2.24, 2.45) is 11.3 Å². The summed E-state index contributed by atoms with van der Waals surface area (Å²) in [5, 5.41) is 24.0. The second-order valence-electron chi connectivity index (χ2n) is 11.8. The van der Waals surface area contributed by atoms with Gasteiger partial charge in [0, 0.05) is 48.3 Å². The zero-order chi connectivity index (χ0) is 26.0. The van der Waals surface area contributed by atoms with Crippen LogP contribution in [0, 0.1) is 18.3 Å². The molecule has 36 heavy (non-hydrogen) atoms. The topological polar surface area (TPSA) is 101 Å². The Morgan fingerprint density at radius 2 is 1.94 bits per heavy atom. The van der Waals surface area contributed by atoms with Crippen LogP contribution in [0.3, 0.4) is 0 Å². The number of hydrogen-bond acceptors (Lipinski definition) is 5. The number of aliphatic carboxylic acids is 1. The number of aliphatic hydroxyl groups is 1. The van der Waals surface area contributed by atoms with E-state index in [0.717, 1.165) is 60.2 Å². The van der Waals surface area contributed by atoms with Crippen molar-refractivity contribution in [1.82, 2.24) is 5.16 Å². The third kappa shape index (κ3) is 6.57. The smallest absolute Gasteiger partial charge is 0.303 e. The summed E-state index contributed by atoms with van der Waals surface area (Å²) < 4.78 is 5.95. The van der Waals surface area contributed by atoms with Gasteiger partial charge in [0.1, 0.15) is 11.5 Å². The molecule has 1 aromatic carbocycles. The number of halogens is 1. The predicted molar refractivity (Wildman–Crippen MR) is 139 cm³/mol. The molecule has 2 aliphatic rings. The highest BCUT2D eigenvalue weighted by Gasteiger charge is 2.42. The van der Waals surface area contributed by atoms with Crippen LogP contribution in [0.4, 0.5) is 0 Å². The number of Topliss-reactive ketones (excluding diaryl/α,β-unsaturated/α-hetero) is 1. The van der Waals surface area contributed by atoms with Crippen molar-refractivity contribution in [2.45, 2.75) is 96.3 Å². The largest absolute Gasteiger partial charge is 0.481 e. The average molecular weight is 516 g/mol. The van der Waals surface area contributed by atoms with Crippen molar-refractivity contribution in [3.63, 3.8) is 0 Å². The molecule has 4 rings (SSSR count). The van der Waals surface area contributed by atoms with Crippen LogP contribution in [0.1, 0.15) is 111 Å². The zero-order valence-electron chi connectivity index (χ0n) is 21.6. The Hall–Kier alpha value is -2.18. The summed E-state index contributed by atoms with van der Waals surface area (Å²) >= 11 is 6.36. The van der Waals surface area contributed by atoms with Crippen LogP contribution in [0.15, 0.2) is 22.7 Å². The van der Waals surface area contributed by atoms with Crippen molar-refractivity contribution < 1.29 is 24.3 Å². The Bertz CT molecular complexity index is 1100. The maximum atomic E-state index is 13.1. The Morgan fingerprint density at radius 3 is 2.56 bits per heavy atom. The molecule has 0 saturated heterocycles. The van der Waals surface area contributed by atoms with E-state index in [-0.39, 0.29) is 43.0 Å². The van der Waals surface area contributed by atoms with Gasteiger partial charge in [0.05, 0.1) is 5.69 Å². The van der Waals surface area contributed by atoms with Crippen LogP contribution in [-0.2, 0) is 16.0 Å². The van der Waals surface area contributed by atoms with Gasteiger partial charge in [-0.2, -0.15) is 0 Å². The number of hydrogen-bond donors (Lipinski definition) is 2. The molecule has 7 heteroatoms. The number of carboxylic acids is 1. The first kappa shape index (κ1) is 26.9. The zero-order valence-corrected chi connectivity index (χ0v) is 22.3. The second-order valence-corrected chi connectivity index (χ2v) is 12.2. The minimum Gasteiger partial charge on any atom is -0.481 e. The number of carboxylic acid groups (broad SMARTS) is 1. The van der Waals surface area contributed by atoms with Gasteiger partial charge in [-0.3, -0.25) is 9.59 Å². The molecule has 1 atom stereocenters. The molecule has 1 heterocycles. The lowest BCUT2D eigenvalue weighted by Crippen LogP contribution is -2.29. The Morgan fingerprint density at radius 1 is 1.22 bits per heavy atom. The lowest BCUT2D eigenvalue weighted by Gasteiger charge is -2.38. The highest BCUT2D eigenvalue weighted by molar-refractivity contribution is 6.31. The number of rotatable bonds is 13. The van der Waals surface area contributed by atoms with E-state index in [2.05, 4.69) is 19.0 Å². The number of benzene rings is 1. The summed E-state index contributed by atoms with van der Waals surface area (Å²) in [6.45, 7) is 6.33. The van der Waals surface area contributed by atoms with Crippen molar-refractivity contribution in [2.75, 3.05) is 6.61 Å². The Kier molecular flexibility index (Phi) is 8.25. The maximum absolute atomic E-state index is 13.1. The number of nitrogens with zero attached hydrogens (tertiary/aromatic N) is 1. The molecular formula is C29H38ClNO5. The molecule has 1 aromatic heterocycles. The number of carbonyl (C=O) groups is 2. The van der Waals surface area contributed by atoms with Gasteiger partial charge in [0.15, 0.2) is 0 Å². The fourth-order valence-corrected chi connectivity index (χ4v) is 5.95. The van der Waals surface area contributed by atoms with E-state index in [1.165, 1.54) is 0 Å². The van der Waals surface area contributed by atoms with E-state index in [0.29, 0.717) is 29.2 Å². The van der Waals surface area contributed by atoms with E-state index in [9.17, 15) is 19.8 Å². The van der Waals surface area contributed by atoms with E-state index in [4.69, 9.17) is 16.1 Å². The quantitative estimate of drug-likeness (QED) is 0.313. The molecular weight excluding hydrogens is 478 g/mol. The first-order valence-corrected chi connectivity index (χ1v) is 13.5. The molecule has 6 nitrogen and oxygen atoms in total. The summed E-state index contributed by atoms with van der Waals surface area (Å²) in [4.78, 5) is 24.5. The monoisotopic (exact) mass is 515 g/mol. The molecule has 196 valence electrons. The lowest BCUT2D eigenvalue weighted by molar-refractivity contribution is -0.137. The van der Waals surface area contributed by atoms with Gasteiger partial charge in [-0.25, -0.2) is 0 Å². The van der Waals surface area contributed by atoms with Gasteiger partial charge in [-0.05, 0) is 79.9 Å². The SMILES string of the molecule is Cc1ccc(CC(=O)C[C@H](CCC(=O)O)c2noc(C3CC(CC(C)(C)CO)C3)c2C2CC2)c(Cl)c1. The number of aromatic nitrogens is 1. The number of aryl methyl sites for hydroxylation is 1. The number of ketones is 1. The summed E-state index contributed by atoms with van der Waals surface area (Å²) in [6.07, 6.45) is 5.95. The van der Waals surface area contributed by atoms with Crippen molar-refractivity contribution in [3.05, 3.63) is 51.4 Å². The number of aliphatic hydroxyl groups excluding tert-OH is 1. The van der Waals surface area contributed by atoms with Gasteiger partial charge in [-0.1, -0.05) is 42.7 Å². The van der Waals surface area contributed by atoms with Gasteiger partial charge in [0.25, 0.3) is 0 Å². The molecule has 0 amide bonds. The third-order valence-corrected chi connectivity index (χ3v) is 8.16. The molecule has 0 radical (unpaired) electrons. The molecule has 0 aliphatic heterocycles. The van der Waals surface area contributed by atoms with E-state index >= 15 is 0 Å². The van der Waals surface area contributed by atoms with Crippen molar-refractivity contribution >= 4 is 23.4 Å². The van der Waals surface area contributed by atoms with Crippen LogP contribution in [0.2, 0.25) is 5.02 Å². The molecule has 2 N–H and O–H groups in total. The maximum Gasteiger partial charge on any atom is 0.303 e. The standard InChI is InChI=1S/C29H38ClNO5/c1-17-4-5-20(24(30)10-17)13-23(33)14-21(8-9-25(34)35)27-26(19-6-7-19)28(36-31-27)22-11-18(12-22)15-29(2,3)16-32/h4-5,10,18-19,21-22,32H,6-9,11-16H2,1-3H3,(H,34,35)/t18?,21-,22?/m0/s1. The molecule has 0 spiro atoms. The van der Waals surface area contributed by atoms with Gasteiger partial charge >= 0.3 is 5.97 Å². The van der Waals surface area contributed by atoms with Crippen LogP contribution >= 0.6 is 11.6 Å². The first-order valence-electron chi connectivity index (χ1n) is 13.1. The Labute approximate surface area is 218 Å². The number of carbonyl (C=O) groups excluding carboxylic acids is 1. The highest BCUT2D eigenvalue weighted by atomic mass is 35.5. The van der Waals surface area contributed by atoms with Gasteiger partial charge < -0.3 is 14.7 Å². The minimum atomic E-state index is -0.876. The van der Waals surface area contributed by atoms with Gasteiger partial charge in [0.2, 0.25) is 0 Å². The van der Waals surface area contributed by atoms with Gasteiger partial charge in [-0.15, -0.1) is 0 Å². The third-order valence-electron chi connectivity index (χ3n) is 7.81. The van der Waals surface area contributed by atoms with E-state index < -0.39 is 5.97 Å². The molecule has 0 bridgehead atoms. The van der Waals surface area contributed by atoms with E-state index in [1.54, 1.807) is 0 Å². The van der Waals surface area contributed by atoms with Crippen molar-refractivity contribution in [3.8, 4) is 0 Å². The van der Waals surface area contributed by atoms with Crippen LogP contribution in [0.25, 0.3) is 0 Å². The summed E-state index contributed by atoms with van der Waals surface area (Å²) in [6, 6.07) is 5.69. The normalized spacial score (nSPS) is 20.7. The van der Waals surface area contributed by atoms with E-state index in [1.807, 2.05) is 25.1 Å². The molecule has 2 aromatic rings. The summed E-state index contributed by atoms with van der Waals surface area (Å²) in [5.74, 6) is 1.07. The average Bonchev–Trinajstić information content (AvgIpc) is 3.54. The molecule has 2 fully saturated rings.